The van der Waals surface area contributed by atoms with Crippen molar-refractivity contribution in [2.75, 3.05) is 32.0 Å². The summed E-state index contributed by atoms with van der Waals surface area (Å²) in [5.41, 5.74) is 2.66. The Balaban J connectivity index is 2.08. The number of rotatable bonds is 8. The van der Waals surface area contributed by atoms with E-state index in [1.54, 1.807) is 21.3 Å². The van der Waals surface area contributed by atoms with Crippen LogP contribution < -0.4 is 24.8 Å². The number of anilines is 2. The highest BCUT2D eigenvalue weighted by Crippen LogP contribution is 2.39. The van der Waals surface area contributed by atoms with Crippen molar-refractivity contribution >= 4 is 17.3 Å². The molecule has 6 nitrogen and oxygen atoms in total. The van der Waals surface area contributed by atoms with Crippen molar-refractivity contribution in [3.05, 3.63) is 42.0 Å². The molecule has 6 heteroatoms. The number of benzene rings is 2. The molecule has 0 atom stereocenters. The van der Waals surface area contributed by atoms with Gasteiger partial charge in [0.1, 0.15) is 0 Å². The van der Waals surface area contributed by atoms with Crippen molar-refractivity contribution in [3.8, 4) is 17.2 Å². The van der Waals surface area contributed by atoms with E-state index in [0.29, 0.717) is 23.8 Å². The second kappa shape index (κ2) is 8.99. The van der Waals surface area contributed by atoms with Gasteiger partial charge in [0.2, 0.25) is 11.7 Å². The van der Waals surface area contributed by atoms with Crippen LogP contribution in [0.1, 0.15) is 19.4 Å². The topological polar surface area (TPSA) is 68.8 Å². The van der Waals surface area contributed by atoms with Crippen LogP contribution >= 0.6 is 0 Å². The molecule has 0 saturated heterocycles. The predicted molar refractivity (Wildman–Crippen MR) is 103 cm³/mol. The van der Waals surface area contributed by atoms with Gasteiger partial charge in [-0.1, -0.05) is 13.8 Å². The third-order valence-corrected chi connectivity index (χ3v) is 3.95. The fourth-order valence-corrected chi connectivity index (χ4v) is 2.46. The zero-order valence-electron chi connectivity index (χ0n) is 15.9. The molecule has 2 rings (SSSR count). The Bertz CT molecular complexity index is 742. The Morgan fingerprint density at radius 1 is 0.885 bits per heavy atom. The Morgan fingerprint density at radius 3 is 2.04 bits per heavy atom. The molecule has 2 N–H and O–H groups in total. The lowest BCUT2D eigenvalue weighted by molar-refractivity contribution is -0.118. The van der Waals surface area contributed by atoms with Crippen LogP contribution in [0.3, 0.4) is 0 Å². The van der Waals surface area contributed by atoms with E-state index in [1.165, 1.54) is 0 Å². The molecule has 140 valence electrons. The summed E-state index contributed by atoms with van der Waals surface area (Å²) < 4.78 is 16.2. The molecule has 1 amide bonds. The highest BCUT2D eigenvalue weighted by Gasteiger charge is 2.15. The van der Waals surface area contributed by atoms with Crippen molar-refractivity contribution in [2.45, 2.75) is 20.4 Å². The number of ether oxygens (including phenoxy) is 3. The first-order valence-electron chi connectivity index (χ1n) is 8.42. The standard InChI is InChI=1S/C20H26N2O4/c1-13(2)20(23)22-16-9-7-15(8-10-16)21-12-14-6-11-17(24-3)19(26-5)18(14)25-4/h6-11,13,21H,12H2,1-5H3,(H,22,23). The Morgan fingerprint density at radius 2 is 1.50 bits per heavy atom. The molecule has 0 aliphatic rings. The summed E-state index contributed by atoms with van der Waals surface area (Å²) in [6.07, 6.45) is 0. The molecule has 26 heavy (non-hydrogen) atoms. The molecular formula is C20H26N2O4. The fraction of sp³-hybridized carbons (Fsp3) is 0.350. The van der Waals surface area contributed by atoms with Crippen LogP contribution in [0.5, 0.6) is 17.2 Å². The third kappa shape index (κ3) is 4.59. The molecule has 0 aliphatic heterocycles. The molecule has 0 fully saturated rings. The van der Waals surface area contributed by atoms with Crippen LogP contribution in [-0.2, 0) is 11.3 Å². The molecular weight excluding hydrogens is 332 g/mol. The second-order valence-electron chi connectivity index (χ2n) is 6.07. The van der Waals surface area contributed by atoms with Crippen LogP contribution in [-0.4, -0.2) is 27.2 Å². The van der Waals surface area contributed by atoms with E-state index < -0.39 is 0 Å². The first-order valence-corrected chi connectivity index (χ1v) is 8.42. The fourth-order valence-electron chi connectivity index (χ4n) is 2.46. The average molecular weight is 358 g/mol. The lowest BCUT2D eigenvalue weighted by Gasteiger charge is -2.16. The molecule has 0 heterocycles. The van der Waals surface area contributed by atoms with Gasteiger partial charge in [0.25, 0.3) is 0 Å². The Labute approximate surface area is 154 Å². The van der Waals surface area contributed by atoms with Crippen LogP contribution in [0, 0.1) is 5.92 Å². The van der Waals surface area contributed by atoms with E-state index in [9.17, 15) is 4.79 Å². The highest BCUT2D eigenvalue weighted by atomic mass is 16.5. The average Bonchev–Trinajstić information content (AvgIpc) is 2.66. The van der Waals surface area contributed by atoms with Gasteiger partial charge in [-0.3, -0.25) is 4.79 Å². The maximum Gasteiger partial charge on any atom is 0.226 e. The van der Waals surface area contributed by atoms with E-state index >= 15 is 0 Å². The SMILES string of the molecule is COc1ccc(CNc2ccc(NC(=O)C(C)C)cc2)c(OC)c1OC. The van der Waals surface area contributed by atoms with Crippen molar-refractivity contribution in [1.29, 1.82) is 0 Å². The molecule has 0 bridgehead atoms. The number of hydrogen-bond donors (Lipinski definition) is 2. The number of nitrogens with one attached hydrogen (secondary N) is 2. The normalized spacial score (nSPS) is 10.4. The minimum absolute atomic E-state index is 0.000716. The van der Waals surface area contributed by atoms with Gasteiger partial charge in [0, 0.05) is 29.4 Å². The molecule has 0 saturated carbocycles. The summed E-state index contributed by atoms with van der Waals surface area (Å²) in [5.74, 6) is 1.78. The van der Waals surface area contributed by atoms with Gasteiger partial charge in [-0.2, -0.15) is 0 Å². The van der Waals surface area contributed by atoms with Crippen LogP contribution in [0.15, 0.2) is 36.4 Å². The molecule has 0 radical (unpaired) electrons. The zero-order chi connectivity index (χ0) is 19.1. The number of carbonyl (C=O) groups excluding carboxylic acids is 1. The quantitative estimate of drug-likeness (QED) is 0.748. The first kappa shape index (κ1) is 19.4. The molecule has 0 aliphatic carbocycles. The maximum absolute atomic E-state index is 11.7. The number of methoxy groups -OCH3 is 3. The van der Waals surface area contributed by atoms with Gasteiger partial charge in [0.15, 0.2) is 11.5 Å². The lowest BCUT2D eigenvalue weighted by Crippen LogP contribution is -2.17. The van der Waals surface area contributed by atoms with Crippen LogP contribution in [0.2, 0.25) is 0 Å². The van der Waals surface area contributed by atoms with Gasteiger partial charge < -0.3 is 24.8 Å². The molecule has 0 spiro atoms. The van der Waals surface area contributed by atoms with Crippen molar-refractivity contribution in [3.63, 3.8) is 0 Å². The van der Waals surface area contributed by atoms with Crippen LogP contribution in [0.25, 0.3) is 0 Å². The van der Waals surface area contributed by atoms with Crippen molar-refractivity contribution in [2.24, 2.45) is 5.92 Å². The van der Waals surface area contributed by atoms with Gasteiger partial charge in [-0.15, -0.1) is 0 Å². The maximum atomic E-state index is 11.7. The number of hydrogen-bond acceptors (Lipinski definition) is 5. The van der Waals surface area contributed by atoms with Crippen LogP contribution in [0.4, 0.5) is 11.4 Å². The minimum Gasteiger partial charge on any atom is -0.493 e. The zero-order valence-corrected chi connectivity index (χ0v) is 15.9. The summed E-state index contributed by atoms with van der Waals surface area (Å²) in [4.78, 5) is 11.7. The van der Waals surface area contributed by atoms with E-state index in [1.807, 2.05) is 50.2 Å². The molecule has 2 aromatic rings. The lowest BCUT2D eigenvalue weighted by atomic mass is 10.1. The number of carbonyl (C=O) groups is 1. The van der Waals surface area contributed by atoms with Gasteiger partial charge in [-0.25, -0.2) is 0 Å². The predicted octanol–water partition coefficient (Wildman–Crippen LogP) is 3.92. The highest BCUT2D eigenvalue weighted by molar-refractivity contribution is 5.92. The Hall–Kier alpha value is -2.89. The summed E-state index contributed by atoms with van der Waals surface area (Å²) >= 11 is 0. The third-order valence-electron chi connectivity index (χ3n) is 3.95. The van der Waals surface area contributed by atoms with Crippen molar-refractivity contribution < 1.29 is 19.0 Å². The Kier molecular flexibility index (Phi) is 6.72. The second-order valence-corrected chi connectivity index (χ2v) is 6.07. The first-order chi connectivity index (χ1) is 12.5. The summed E-state index contributed by atoms with van der Waals surface area (Å²) in [5, 5.41) is 6.21. The van der Waals surface area contributed by atoms with E-state index in [2.05, 4.69) is 10.6 Å². The van der Waals surface area contributed by atoms with E-state index in [4.69, 9.17) is 14.2 Å². The van der Waals surface area contributed by atoms with Crippen molar-refractivity contribution in [1.82, 2.24) is 0 Å². The van der Waals surface area contributed by atoms with Gasteiger partial charge in [0.05, 0.1) is 21.3 Å². The molecule has 0 unspecified atom stereocenters. The van der Waals surface area contributed by atoms with E-state index in [-0.39, 0.29) is 11.8 Å². The minimum atomic E-state index is -0.0506. The number of amides is 1. The summed E-state index contributed by atoms with van der Waals surface area (Å²) in [6, 6.07) is 11.4. The van der Waals surface area contributed by atoms with Gasteiger partial charge >= 0.3 is 0 Å². The molecule has 0 aromatic heterocycles. The summed E-state index contributed by atoms with van der Waals surface area (Å²) in [7, 11) is 4.78. The monoisotopic (exact) mass is 358 g/mol. The van der Waals surface area contributed by atoms with E-state index in [0.717, 1.165) is 16.9 Å². The smallest absolute Gasteiger partial charge is 0.226 e. The largest absolute Gasteiger partial charge is 0.493 e. The molecule has 2 aromatic carbocycles. The van der Waals surface area contributed by atoms with Gasteiger partial charge in [-0.05, 0) is 36.4 Å². The summed E-state index contributed by atoms with van der Waals surface area (Å²) in [6.45, 7) is 4.28.